The zero-order chi connectivity index (χ0) is 18.8. The summed E-state index contributed by atoms with van der Waals surface area (Å²) in [6.07, 6.45) is 0. The average Bonchev–Trinajstić information content (AvgIpc) is 2.62. The van der Waals surface area contributed by atoms with Gasteiger partial charge in [-0.15, -0.1) is 0 Å². The van der Waals surface area contributed by atoms with Gasteiger partial charge in [0.05, 0.1) is 18.2 Å². The number of hydrogen-bond acceptors (Lipinski definition) is 5. The maximum Gasteiger partial charge on any atom is 0.374 e. The van der Waals surface area contributed by atoms with E-state index in [0.717, 1.165) is 6.07 Å². The Hall–Kier alpha value is -2.64. The summed E-state index contributed by atoms with van der Waals surface area (Å²) in [5.41, 5.74) is 0.240. The first-order valence-electron chi connectivity index (χ1n) is 7.31. The van der Waals surface area contributed by atoms with Gasteiger partial charge in [0.2, 0.25) is 5.76 Å². The second kappa shape index (κ2) is 7.31. The molecule has 0 bridgehead atoms. The molecule has 2 aromatic carbocycles. The van der Waals surface area contributed by atoms with Crippen molar-refractivity contribution in [3.8, 4) is 0 Å². The van der Waals surface area contributed by atoms with Crippen molar-refractivity contribution < 1.29 is 18.7 Å². The lowest BCUT2D eigenvalue weighted by atomic mass is 10.1. The minimum absolute atomic E-state index is 0.0726. The minimum Gasteiger partial charge on any atom is -0.463 e. The number of benzene rings is 2. The van der Waals surface area contributed by atoms with Gasteiger partial charge in [-0.2, -0.15) is 0 Å². The number of amides is 1. The number of fused-ring (bicyclic) bond motifs is 1. The first kappa shape index (κ1) is 18.2. The normalized spacial score (nSPS) is 10.6. The van der Waals surface area contributed by atoms with Gasteiger partial charge in [-0.3, -0.25) is 9.59 Å². The lowest BCUT2D eigenvalue weighted by Crippen LogP contribution is -2.14. The second-order valence-corrected chi connectivity index (χ2v) is 6.61. The predicted octanol–water partition coefficient (Wildman–Crippen LogP) is 4.25. The van der Waals surface area contributed by atoms with Crippen LogP contribution in [0.4, 0.5) is 5.69 Å². The van der Waals surface area contributed by atoms with Gasteiger partial charge in [-0.1, -0.05) is 27.5 Å². The third-order valence-electron chi connectivity index (χ3n) is 3.53. The quantitative estimate of drug-likeness (QED) is 0.621. The summed E-state index contributed by atoms with van der Waals surface area (Å²) >= 11 is 9.12. The third kappa shape index (κ3) is 3.63. The number of carbonyl (C=O) groups is 2. The van der Waals surface area contributed by atoms with E-state index in [1.165, 1.54) is 7.11 Å². The van der Waals surface area contributed by atoms with E-state index in [2.05, 4.69) is 26.0 Å². The van der Waals surface area contributed by atoms with Crippen LogP contribution in [-0.2, 0) is 4.74 Å². The molecule has 3 aromatic rings. The fourth-order valence-corrected chi connectivity index (χ4v) is 2.90. The van der Waals surface area contributed by atoms with Crippen LogP contribution >= 0.6 is 27.5 Å². The fourth-order valence-electron chi connectivity index (χ4n) is 2.31. The van der Waals surface area contributed by atoms with E-state index in [1.54, 1.807) is 36.4 Å². The van der Waals surface area contributed by atoms with E-state index in [1.807, 2.05) is 0 Å². The summed E-state index contributed by atoms with van der Waals surface area (Å²) in [6, 6.07) is 10.5. The molecule has 0 unspecified atom stereocenters. The molecule has 0 aliphatic rings. The van der Waals surface area contributed by atoms with Gasteiger partial charge in [-0.05, 0) is 36.4 Å². The van der Waals surface area contributed by atoms with Crippen LogP contribution in [0.5, 0.6) is 0 Å². The smallest absolute Gasteiger partial charge is 0.374 e. The number of methoxy groups -OCH3 is 1. The highest BCUT2D eigenvalue weighted by atomic mass is 79.9. The van der Waals surface area contributed by atoms with Gasteiger partial charge in [0, 0.05) is 21.1 Å². The molecule has 1 amide bonds. The van der Waals surface area contributed by atoms with Crippen LogP contribution in [0.3, 0.4) is 0 Å². The standard InChI is InChI=1S/C18H11BrClNO5/c1-25-18(24)15-8-14(22)12-6-10(19)7-13(16(12)26-15)21-17(23)9-2-4-11(20)5-3-9/h2-8H,1H3,(H,21,23). The van der Waals surface area contributed by atoms with Gasteiger partial charge in [-0.25, -0.2) is 4.79 Å². The molecule has 0 saturated carbocycles. The molecule has 1 N–H and O–H groups in total. The van der Waals surface area contributed by atoms with Crippen LogP contribution in [0.1, 0.15) is 20.9 Å². The minimum atomic E-state index is -0.790. The molecule has 0 aliphatic carbocycles. The number of hydrogen-bond donors (Lipinski definition) is 1. The number of esters is 1. The first-order chi connectivity index (χ1) is 12.4. The van der Waals surface area contributed by atoms with E-state index in [4.69, 9.17) is 16.0 Å². The van der Waals surface area contributed by atoms with E-state index in [9.17, 15) is 14.4 Å². The summed E-state index contributed by atoms with van der Waals surface area (Å²) < 4.78 is 10.7. The Bertz CT molecular complexity index is 1080. The largest absolute Gasteiger partial charge is 0.463 e. The topological polar surface area (TPSA) is 85.6 Å². The van der Waals surface area contributed by atoms with E-state index >= 15 is 0 Å². The van der Waals surface area contributed by atoms with E-state index in [-0.39, 0.29) is 22.4 Å². The molecular formula is C18H11BrClNO5. The molecule has 6 nitrogen and oxygen atoms in total. The summed E-state index contributed by atoms with van der Waals surface area (Å²) in [7, 11) is 1.18. The summed E-state index contributed by atoms with van der Waals surface area (Å²) in [5, 5.41) is 3.39. The van der Waals surface area contributed by atoms with Crippen molar-refractivity contribution in [2.75, 3.05) is 12.4 Å². The number of anilines is 1. The van der Waals surface area contributed by atoms with Gasteiger partial charge in [0.15, 0.2) is 11.0 Å². The number of ether oxygens (including phenoxy) is 1. The molecule has 8 heteroatoms. The van der Waals surface area contributed by atoms with Crippen molar-refractivity contribution in [1.82, 2.24) is 0 Å². The molecule has 0 aliphatic heterocycles. The van der Waals surface area contributed by atoms with Crippen molar-refractivity contribution in [2.24, 2.45) is 0 Å². The maximum absolute atomic E-state index is 12.5. The number of rotatable bonds is 3. The molecule has 0 fully saturated rings. The Morgan fingerprint density at radius 2 is 1.85 bits per heavy atom. The Labute approximate surface area is 160 Å². The van der Waals surface area contributed by atoms with Crippen molar-refractivity contribution in [1.29, 1.82) is 0 Å². The number of halogens is 2. The molecular weight excluding hydrogens is 426 g/mol. The van der Waals surface area contributed by atoms with Gasteiger partial charge < -0.3 is 14.5 Å². The van der Waals surface area contributed by atoms with Gasteiger partial charge >= 0.3 is 5.97 Å². The first-order valence-corrected chi connectivity index (χ1v) is 8.49. The fraction of sp³-hybridized carbons (Fsp3) is 0.0556. The van der Waals surface area contributed by atoms with Crippen molar-refractivity contribution in [3.63, 3.8) is 0 Å². The highest BCUT2D eigenvalue weighted by molar-refractivity contribution is 9.10. The summed E-state index contributed by atoms with van der Waals surface area (Å²) in [5.74, 6) is -1.47. The Morgan fingerprint density at radius 3 is 2.50 bits per heavy atom. The Morgan fingerprint density at radius 1 is 1.15 bits per heavy atom. The summed E-state index contributed by atoms with van der Waals surface area (Å²) in [6.45, 7) is 0. The predicted molar refractivity (Wildman–Crippen MR) is 101 cm³/mol. The van der Waals surface area contributed by atoms with Crippen LogP contribution in [-0.4, -0.2) is 19.0 Å². The zero-order valence-corrected chi connectivity index (χ0v) is 15.7. The molecule has 0 atom stereocenters. The highest BCUT2D eigenvalue weighted by Gasteiger charge is 2.17. The molecule has 26 heavy (non-hydrogen) atoms. The third-order valence-corrected chi connectivity index (χ3v) is 4.24. The number of carbonyl (C=O) groups excluding carboxylic acids is 2. The van der Waals surface area contributed by atoms with Crippen molar-refractivity contribution >= 4 is 56.1 Å². The van der Waals surface area contributed by atoms with Crippen LogP contribution in [0.15, 0.2) is 56.1 Å². The lowest BCUT2D eigenvalue weighted by molar-refractivity contribution is 0.0565. The molecule has 0 saturated heterocycles. The molecule has 0 radical (unpaired) electrons. The zero-order valence-electron chi connectivity index (χ0n) is 13.3. The lowest BCUT2D eigenvalue weighted by Gasteiger charge is -2.10. The monoisotopic (exact) mass is 435 g/mol. The highest BCUT2D eigenvalue weighted by Crippen LogP contribution is 2.28. The summed E-state index contributed by atoms with van der Waals surface area (Å²) in [4.78, 5) is 36.5. The van der Waals surface area contributed by atoms with Gasteiger partial charge in [0.1, 0.15) is 0 Å². The van der Waals surface area contributed by atoms with E-state index < -0.39 is 17.3 Å². The molecule has 132 valence electrons. The van der Waals surface area contributed by atoms with Crippen LogP contribution < -0.4 is 10.7 Å². The van der Waals surface area contributed by atoms with E-state index in [0.29, 0.717) is 15.1 Å². The number of nitrogens with one attached hydrogen (secondary N) is 1. The average molecular weight is 437 g/mol. The van der Waals surface area contributed by atoms with Crippen LogP contribution in [0, 0.1) is 0 Å². The van der Waals surface area contributed by atoms with Crippen LogP contribution in [0.2, 0.25) is 5.02 Å². The molecule has 3 rings (SSSR count). The maximum atomic E-state index is 12.5. The van der Waals surface area contributed by atoms with Crippen LogP contribution in [0.25, 0.3) is 11.0 Å². The second-order valence-electron chi connectivity index (χ2n) is 5.26. The van der Waals surface area contributed by atoms with Gasteiger partial charge in [0.25, 0.3) is 5.91 Å². The van der Waals surface area contributed by atoms with Crippen molar-refractivity contribution in [2.45, 2.75) is 0 Å². The molecule has 1 aromatic heterocycles. The molecule has 1 heterocycles. The molecule has 0 spiro atoms. The van der Waals surface area contributed by atoms with Crippen molar-refractivity contribution in [3.05, 3.63) is 73.5 Å². The Kier molecular flexibility index (Phi) is 5.11. The Balaban J connectivity index is 2.10. The SMILES string of the molecule is COC(=O)c1cc(=O)c2cc(Br)cc(NC(=O)c3ccc(Cl)cc3)c2o1.